The third-order valence-electron chi connectivity index (χ3n) is 3.77. The summed E-state index contributed by atoms with van der Waals surface area (Å²) in [5, 5.41) is 10.8. The van der Waals surface area contributed by atoms with Crippen LogP contribution in [0.15, 0.2) is 11.2 Å². The molecule has 0 aromatic carbocycles. The Kier molecular flexibility index (Phi) is 9.63. The highest BCUT2D eigenvalue weighted by Crippen LogP contribution is 2.17. The van der Waals surface area contributed by atoms with Gasteiger partial charge in [-0.15, -0.1) is 0 Å². The molecule has 1 atom stereocenters. The number of anilines is 2. The van der Waals surface area contributed by atoms with Crippen molar-refractivity contribution in [2.45, 2.75) is 24.4 Å². The van der Waals surface area contributed by atoms with E-state index in [1.165, 1.54) is 11.8 Å². The third-order valence-corrected chi connectivity index (χ3v) is 4.32. The highest BCUT2D eigenvalue weighted by atomic mass is 32.2. The number of likely N-dealkylation sites (tertiary alicyclic amines) is 1. The van der Waals surface area contributed by atoms with E-state index in [-0.39, 0.29) is 18.3 Å². The SMILES string of the molecule is CSc1nc(N)cc(NCCCN2CCCC(C(N)=O)C2)n1.O=CO. The second kappa shape index (κ2) is 11.5. The highest BCUT2D eigenvalue weighted by Gasteiger charge is 2.23. The van der Waals surface area contributed by atoms with Gasteiger partial charge in [0.2, 0.25) is 5.91 Å². The molecule has 1 aliphatic rings. The van der Waals surface area contributed by atoms with Crippen molar-refractivity contribution >= 4 is 35.8 Å². The molecule has 10 heteroatoms. The topological polar surface area (TPSA) is 147 Å². The van der Waals surface area contributed by atoms with Gasteiger partial charge in [0.25, 0.3) is 6.47 Å². The largest absolute Gasteiger partial charge is 0.483 e. The molecule has 2 heterocycles. The molecule has 1 aromatic heterocycles. The van der Waals surface area contributed by atoms with Crippen LogP contribution in [-0.2, 0) is 9.59 Å². The van der Waals surface area contributed by atoms with Crippen LogP contribution in [0.3, 0.4) is 0 Å². The van der Waals surface area contributed by atoms with Crippen LogP contribution in [0.25, 0.3) is 0 Å². The smallest absolute Gasteiger partial charge is 0.290 e. The number of primary amides is 1. The van der Waals surface area contributed by atoms with Gasteiger partial charge in [0.05, 0.1) is 5.92 Å². The molecule has 25 heavy (non-hydrogen) atoms. The molecule has 1 aromatic rings. The number of piperidine rings is 1. The minimum absolute atomic E-state index is 0.00695. The van der Waals surface area contributed by atoms with E-state index in [9.17, 15) is 4.79 Å². The maximum Gasteiger partial charge on any atom is 0.290 e. The second-order valence-electron chi connectivity index (χ2n) is 5.59. The summed E-state index contributed by atoms with van der Waals surface area (Å²) in [6.07, 6.45) is 4.86. The molecule has 1 unspecified atom stereocenters. The lowest BCUT2D eigenvalue weighted by molar-refractivity contribution is -0.124. The number of carbonyl (C=O) groups is 2. The van der Waals surface area contributed by atoms with Crippen LogP contribution >= 0.6 is 11.8 Å². The van der Waals surface area contributed by atoms with E-state index in [1.54, 1.807) is 6.07 Å². The molecule has 0 radical (unpaired) electrons. The molecule has 9 nitrogen and oxygen atoms in total. The first kappa shape index (κ1) is 21.0. The van der Waals surface area contributed by atoms with Crippen molar-refractivity contribution in [3.05, 3.63) is 6.07 Å². The van der Waals surface area contributed by atoms with E-state index >= 15 is 0 Å². The Hall–Kier alpha value is -2.07. The van der Waals surface area contributed by atoms with Gasteiger partial charge in [0.1, 0.15) is 11.6 Å². The Bertz CT molecular complexity index is 560. The van der Waals surface area contributed by atoms with Crippen molar-refractivity contribution in [1.29, 1.82) is 0 Å². The zero-order valence-electron chi connectivity index (χ0n) is 14.4. The molecular weight excluding hydrogens is 344 g/mol. The van der Waals surface area contributed by atoms with Crippen LogP contribution < -0.4 is 16.8 Å². The van der Waals surface area contributed by atoms with Crippen LogP contribution in [-0.4, -0.2) is 64.8 Å². The van der Waals surface area contributed by atoms with Gasteiger partial charge in [-0.1, -0.05) is 11.8 Å². The fraction of sp³-hybridized carbons (Fsp3) is 0.600. The number of hydrogen-bond donors (Lipinski definition) is 4. The van der Waals surface area contributed by atoms with Crippen molar-refractivity contribution in [3.8, 4) is 0 Å². The number of hydrogen-bond acceptors (Lipinski definition) is 8. The van der Waals surface area contributed by atoms with E-state index in [0.717, 1.165) is 51.3 Å². The fourth-order valence-electron chi connectivity index (χ4n) is 2.63. The van der Waals surface area contributed by atoms with E-state index < -0.39 is 0 Å². The zero-order valence-corrected chi connectivity index (χ0v) is 15.2. The van der Waals surface area contributed by atoms with Crippen molar-refractivity contribution in [3.63, 3.8) is 0 Å². The van der Waals surface area contributed by atoms with Crippen LogP contribution in [0, 0.1) is 5.92 Å². The van der Waals surface area contributed by atoms with E-state index in [1.807, 2.05) is 6.26 Å². The second-order valence-corrected chi connectivity index (χ2v) is 6.37. The Morgan fingerprint density at radius 1 is 1.56 bits per heavy atom. The monoisotopic (exact) mass is 370 g/mol. The normalized spacial score (nSPS) is 17.2. The number of nitrogens with zero attached hydrogens (tertiary/aromatic N) is 3. The van der Waals surface area contributed by atoms with Gasteiger partial charge in [-0.25, -0.2) is 9.97 Å². The number of aromatic nitrogens is 2. The van der Waals surface area contributed by atoms with Gasteiger partial charge >= 0.3 is 0 Å². The Morgan fingerprint density at radius 2 is 2.28 bits per heavy atom. The molecule has 0 saturated carbocycles. The van der Waals surface area contributed by atoms with E-state index in [0.29, 0.717) is 11.0 Å². The molecule has 1 saturated heterocycles. The van der Waals surface area contributed by atoms with Crippen molar-refractivity contribution in [1.82, 2.24) is 14.9 Å². The Morgan fingerprint density at radius 3 is 2.92 bits per heavy atom. The predicted octanol–water partition coefficient (Wildman–Crippen LogP) is 0.481. The van der Waals surface area contributed by atoms with Crippen LogP contribution in [0.4, 0.5) is 11.6 Å². The molecule has 6 N–H and O–H groups in total. The molecular formula is C15H26N6O3S. The van der Waals surface area contributed by atoms with E-state index in [4.69, 9.17) is 21.4 Å². The van der Waals surface area contributed by atoms with Gasteiger partial charge in [-0.2, -0.15) is 0 Å². The van der Waals surface area contributed by atoms with Crippen molar-refractivity contribution in [2.75, 3.05) is 43.5 Å². The first-order chi connectivity index (χ1) is 12.0. The summed E-state index contributed by atoms with van der Waals surface area (Å²) in [6, 6.07) is 1.74. The first-order valence-electron chi connectivity index (χ1n) is 8.02. The fourth-order valence-corrected chi connectivity index (χ4v) is 3.02. The molecule has 1 aliphatic heterocycles. The molecule has 140 valence electrons. The van der Waals surface area contributed by atoms with Gasteiger partial charge in [-0.05, 0) is 38.6 Å². The molecule has 0 bridgehead atoms. The summed E-state index contributed by atoms with van der Waals surface area (Å²) in [4.78, 5) is 30.4. The van der Waals surface area contributed by atoms with Gasteiger partial charge < -0.3 is 26.8 Å². The minimum Gasteiger partial charge on any atom is -0.483 e. The molecule has 1 fully saturated rings. The summed E-state index contributed by atoms with van der Waals surface area (Å²) < 4.78 is 0. The van der Waals surface area contributed by atoms with Gasteiger partial charge in [0.15, 0.2) is 5.16 Å². The van der Waals surface area contributed by atoms with Crippen LogP contribution in [0.5, 0.6) is 0 Å². The van der Waals surface area contributed by atoms with Crippen molar-refractivity contribution in [2.24, 2.45) is 11.7 Å². The lowest BCUT2D eigenvalue weighted by Gasteiger charge is -2.31. The summed E-state index contributed by atoms with van der Waals surface area (Å²) in [5.74, 6) is 1.06. The lowest BCUT2D eigenvalue weighted by Crippen LogP contribution is -2.41. The standard InChI is InChI=1S/C14H24N6OS.CH2O2/c1-22-14-18-11(15)8-12(19-14)17-5-3-7-20-6-2-4-10(9-20)13(16)21;2-1-3/h8,10H,2-7,9H2,1H3,(H2,16,21)(H3,15,17,18,19);1H,(H,2,3). The Balaban J connectivity index is 0.000000970. The maximum absolute atomic E-state index is 11.3. The number of nitrogens with one attached hydrogen (secondary N) is 1. The summed E-state index contributed by atoms with van der Waals surface area (Å²) in [5.41, 5.74) is 11.1. The zero-order chi connectivity index (χ0) is 18.7. The number of nitrogen functional groups attached to an aromatic ring is 1. The molecule has 0 aliphatic carbocycles. The maximum atomic E-state index is 11.3. The molecule has 0 spiro atoms. The first-order valence-corrected chi connectivity index (χ1v) is 9.24. The lowest BCUT2D eigenvalue weighted by atomic mass is 9.97. The van der Waals surface area contributed by atoms with Crippen molar-refractivity contribution < 1.29 is 14.7 Å². The number of carbonyl (C=O) groups excluding carboxylic acids is 1. The van der Waals surface area contributed by atoms with E-state index in [2.05, 4.69) is 20.2 Å². The average molecular weight is 370 g/mol. The van der Waals surface area contributed by atoms with Crippen LogP contribution in [0.2, 0.25) is 0 Å². The summed E-state index contributed by atoms with van der Waals surface area (Å²) in [6.45, 7) is 3.34. The number of carboxylic acid groups (broad SMARTS) is 1. The number of rotatable bonds is 7. The third kappa shape index (κ3) is 8.03. The number of thioether (sulfide) groups is 1. The quantitative estimate of drug-likeness (QED) is 0.233. The number of nitrogens with two attached hydrogens (primary N) is 2. The highest BCUT2D eigenvalue weighted by molar-refractivity contribution is 7.98. The minimum atomic E-state index is -0.250. The molecule has 2 rings (SSSR count). The molecule has 1 amide bonds. The summed E-state index contributed by atoms with van der Waals surface area (Å²) in [7, 11) is 0. The van der Waals surface area contributed by atoms with Gasteiger partial charge in [0, 0.05) is 19.2 Å². The average Bonchev–Trinajstić information content (AvgIpc) is 2.59. The number of amides is 1. The predicted molar refractivity (Wildman–Crippen MR) is 98.4 cm³/mol. The Labute approximate surface area is 151 Å². The summed E-state index contributed by atoms with van der Waals surface area (Å²) >= 11 is 1.47. The van der Waals surface area contributed by atoms with Gasteiger partial charge in [-0.3, -0.25) is 9.59 Å². The van der Waals surface area contributed by atoms with Crippen LogP contribution in [0.1, 0.15) is 19.3 Å².